The number of hydrogen-bond acceptors (Lipinski definition) is 5. The predicted molar refractivity (Wildman–Crippen MR) is 83.6 cm³/mol. The zero-order valence-corrected chi connectivity index (χ0v) is 13.5. The highest BCUT2D eigenvalue weighted by Crippen LogP contribution is 2.39. The van der Waals surface area contributed by atoms with Gasteiger partial charge in [0, 0.05) is 13.2 Å². The molecular formula is C14H19N2O4P. The number of rotatable bonds is 5. The molecule has 0 spiro atoms. The second-order valence-electron chi connectivity index (χ2n) is 5.18. The van der Waals surface area contributed by atoms with Crippen molar-refractivity contribution in [3.63, 3.8) is 0 Å². The molecule has 2 rings (SSSR count). The van der Waals surface area contributed by atoms with Crippen LogP contribution in [0.25, 0.3) is 10.9 Å². The Balaban J connectivity index is 2.63. The minimum Gasteiger partial charge on any atom is -0.490 e. The Bertz CT molecular complexity index is 763. The van der Waals surface area contributed by atoms with Gasteiger partial charge in [-0.05, 0) is 26.3 Å². The summed E-state index contributed by atoms with van der Waals surface area (Å²) in [6.45, 7) is 5.78. The summed E-state index contributed by atoms with van der Waals surface area (Å²) in [5.74, 6) is 1.02. The van der Waals surface area contributed by atoms with Crippen LogP contribution < -0.4 is 15.6 Å². The van der Waals surface area contributed by atoms with Gasteiger partial charge in [0.25, 0.3) is 5.56 Å². The molecule has 0 aliphatic carbocycles. The van der Waals surface area contributed by atoms with E-state index in [9.17, 15) is 9.36 Å². The first-order chi connectivity index (χ1) is 9.82. The van der Waals surface area contributed by atoms with Gasteiger partial charge in [-0.25, -0.2) is 4.98 Å². The monoisotopic (exact) mass is 310 g/mol. The van der Waals surface area contributed by atoms with Gasteiger partial charge in [-0.3, -0.25) is 4.79 Å². The molecule has 7 heteroatoms. The fourth-order valence-corrected chi connectivity index (χ4v) is 3.14. The maximum atomic E-state index is 12.4. The fraction of sp³-hybridized carbons (Fsp3) is 0.429. The standard InChI is InChI=1S/C14H19N2O4P/c1-9-15-11-8-12(20-6-5-19-2)13(21(3,4)18)7-10(11)14(17)16-9/h7-8H,5-6H2,1-4H3,(H,15,16,17). The number of benzene rings is 1. The number of nitrogens with zero attached hydrogens (tertiary/aromatic N) is 1. The topological polar surface area (TPSA) is 81.3 Å². The lowest BCUT2D eigenvalue weighted by Gasteiger charge is -2.15. The van der Waals surface area contributed by atoms with Crippen molar-refractivity contribution in [1.29, 1.82) is 0 Å². The van der Waals surface area contributed by atoms with E-state index in [-0.39, 0.29) is 5.56 Å². The van der Waals surface area contributed by atoms with Gasteiger partial charge in [-0.2, -0.15) is 0 Å². The van der Waals surface area contributed by atoms with Gasteiger partial charge < -0.3 is 19.0 Å². The van der Waals surface area contributed by atoms with E-state index >= 15 is 0 Å². The van der Waals surface area contributed by atoms with Crippen molar-refractivity contribution in [2.45, 2.75) is 6.92 Å². The molecule has 0 saturated heterocycles. The van der Waals surface area contributed by atoms with Gasteiger partial charge >= 0.3 is 0 Å². The summed E-state index contributed by atoms with van der Waals surface area (Å²) < 4.78 is 23.0. The first-order valence-corrected chi connectivity index (χ1v) is 9.15. The molecule has 0 bridgehead atoms. The molecule has 0 saturated carbocycles. The van der Waals surface area contributed by atoms with Crippen molar-refractivity contribution in [2.24, 2.45) is 0 Å². The molecular weight excluding hydrogens is 291 g/mol. The maximum absolute atomic E-state index is 12.4. The van der Waals surface area contributed by atoms with E-state index in [4.69, 9.17) is 9.47 Å². The molecule has 21 heavy (non-hydrogen) atoms. The lowest BCUT2D eigenvalue weighted by molar-refractivity contribution is 0.147. The van der Waals surface area contributed by atoms with Crippen LogP contribution in [-0.4, -0.2) is 43.6 Å². The van der Waals surface area contributed by atoms with Crippen LogP contribution in [0, 0.1) is 6.92 Å². The molecule has 1 N–H and O–H groups in total. The summed E-state index contributed by atoms with van der Waals surface area (Å²) in [6, 6.07) is 3.28. The maximum Gasteiger partial charge on any atom is 0.258 e. The van der Waals surface area contributed by atoms with Crippen LogP contribution in [0.4, 0.5) is 0 Å². The summed E-state index contributed by atoms with van der Waals surface area (Å²) >= 11 is 0. The minimum absolute atomic E-state index is 0.240. The summed E-state index contributed by atoms with van der Waals surface area (Å²) in [6.07, 6.45) is 0. The molecule has 114 valence electrons. The lowest BCUT2D eigenvalue weighted by atomic mass is 10.2. The Morgan fingerprint density at radius 2 is 2.00 bits per heavy atom. The number of aromatic amines is 1. The first-order valence-electron chi connectivity index (χ1n) is 6.55. The van der Waals surface area contributed by atoms with Crippen LogP contribution in [0.3, 0.4) is 0 Å². The Labute approximate surface area is 122 Å². The molecule has 0 unspecified atom stereocenters. The number of aromatic nitrogens is 2. The normalized spacial score (nSPS) is 11.8. The smallest absolute Gasteiger partial charge is 0.258 e. The van der Waals surface area contributed by atoms with Crippen molar-refractivity contribution in [2.75, 3.05) is 33.7 Å². The van der Waals surface area contributed by atoms with Gasteiger partial charge in [0.2, 0.25) is 0 Å². The Kier molecular flexibility index (Phi) is 4.49. The number of ether oxygens (including phenoxy) is 2. The predicted octanol–water partition coefficient (Wildman–Crippen LogP) is 1.50. The highest BCUT2D eigenvalue weighted by Gasteiger charge is 2.20. The average molecular weight is 310 g/mol. The van der Waals surface area contributed by atoms with E-state index in [0.717, 1.165) is 0 Å². The van der Waals surface area contributed by atoms with Crippen LogP contribution in [0.1, 0.15) is 5.82 Å². The SMILES string of the molecule is COCCOc1cc2nc(C)[nH]c(=O)c2cc1P(C)(C)=O. The molecule has 2 aromatic rings. The van der Waals surface area contributed by atoms with E-state index in [1.165, 1.54) is 0 Å². The first kappa shape index (κ1) is 15.7. The van der Waals surface area contributed by atoms with Crippen molar-refractivity contribution >= 4 is 23.3 Å². The van der Waals surface area contributed by atoms with Gasteiger partial charge in [0.05, 0.1) is 22.8 Å². The highest BCUT2D eigenvalue weighted by molar-refractivity contribution is 7.70. The largest absolute Gasteiger partial charge is 0.490 e. The minimum atomic E-state index is -2.59. The van der Waals surface area contributed by atoms with E-state index in [1.807, 2.05) is 0 Å². The van der Waals surface area contributed by atoms with E-state index in [2.05, 4.69) is 9.97 Å². The van der Waals surface area contributed by atoms with Gasteiger partial charge in [-0.1, -0.05) is 0 Å². The summed E-state index contributed by atoms with van der Waals surface area (Å²) in [5.41, 5.74) is 0.288. The van der Waals surface area contributed by atoms with Gasteiger partial charge in [0.15, 0.2) is 0 Å². The molecule has 1 aromatic heterocycles. The van der Waals surface area contributed by atoms with Crippen LogP contribution in [-0.2, 0) is 9.30 Å². The van der Waals surface area contributed by atoms with Crippen LogP contribution in [0.5, 0.6) is 5.75 Å². The molecule has 0 aliphatic heterocycles. The Morgan fingerprint density at radius 3 is 2.62 bits per heavy atom. The number of hydrogen-bond donors (Lipinski definition) is 1. The zero-order valence-electron chi connectivity index (χ0n) is 12.6. The summed E-state index contributed by atoms with van der Waals surface area (Å²) in [7, 11) is -1.00. The number of methoxy groups -OCH3 is 1. The van der Waals surface area contributed by atoms with E-state index in [0.29, 0.717) is 41.0 Å². The number of nitrogens with one attached hydrogen (secondary N) is 1. The molecule has 0 aliphatic rings. The Hall–Kier alpha value is -1.65. The van der Waals surface area contributed by atoms with E-state index < -0.39 is 7.14 Å². The second-order valence-corrected chi connectivity index (χ2v) is 8.36. The van der Waals surface area contributed by atoms with Crippen molar-refractivity contribution in [3.8, 4) is 5.75 Å². The molecule has 0 amide bonds. The van der Waals surface area contributed by atoms with Crippen LogP contribution >= 0.6 is 7.14 Å². The zero-order chi connectivity index (χ0) is 15.6. The van der Waals surface area contributed by atoms with Gasteiger partial charge in [-0.15, -0.1) is 0 Å². The molecule has 0 atom stereocenters. The number of fused-ring (bicyclic) bond motifs is 1. The molecule has 1 aromatic carbocycles. The van der Waals surface area contributed by atoms with Gasteiger partial charge in [0.1, 0.15) is 25.3 Å². The van der Waals surface area contributed by atoms with E-state index in [1.54, 1.807) is 39.5 Å². The fourth-order valence-electron chi connectivity index (χ4n) is 2.04. The molecule has 0 radical (unpaired) electrons. The molecule has 0 fully saturated rings. The molecule has 6 nitrogen and oxygen atoms in total. The third-order valence-electron chi connectivity index (χ3n) is 3.03. The number of H-pyrrole nitrogens is 1. The molecule has 1 heterocycles. The third-order valence-corrected chi connectivity index (χ3v) is 4.54. The van der Waals surface area contributed by atoms with Crippen molar-refractivity contribution in [3.05, 3.63) is 28.3 Å². The lowest BCUT2D eigenvalue weighted by Crippen LogP contribution is -2.17. The van der Waals surface area contributed by atoms with Crippen molar-refractivity contribution in [1.82, 2.24) is 9.97 Å². The van der Waals surface area contributed by atoms with Crippen molar-refractivity contribution < 1.29 is 14.0 Å². The third kappa shape index (κ3) is 3.52. The van der Waals surface area contributed by atoms with Crippen LogP contribution in [0.2, 0.25) is 0 Å². The quantitative estimate of drug-likeness (QED) is 0.668. The number of aryl methyl sites for hydroxylation is 1. The Morgan fingerprint density at radius 1 is 1.29 bits per heavy atom. The summed E-state index contributed by atoms with van der Waals surface area (Å²) in [5, 5.41) is 0.959. The average Bonchev–Trinajstić information content (AvgIpc) is 2.36. The van der Waals surface area contributed by atoms with Crippen LogP contribution in [0.15, 0.2) is 16.9 Å². The second kappa shape index (κ2) is 6.00. The highest BCUT2D eigenvalue weighted by atomic mass is 31.2. The summed E-state index contributed by atoms with van der Waals surface area (Å²) in [4.78, 5) is 18.9.